The largest absolute Gasteiger partial charge is 0.478 e. The molecule has 2 atom stereocenters. The summed E-state index contributed by atoms with van der Waals surface area (Å²) in [6, 6.07) is 0. The lowest BCUT2D eigenvalue weighted by atomic mass is 9.39. The molecule has 4 saturated carbocycles. The highest BCUT2D eigenvalue weighted by Gasteiger charge is 2.64. The van der Waals surface area contributed by atoms with Crippen molar-refractivity contribution in [1.82, 2.24) is 0 Å². The van der Waals surface area contributed by atoms with E-state index < -0.39 is 11.6 Å². The van der Waals surface area contributed by atoms with Gasteiger partial charge in [-0.25, -0.2) is 4.79 Å². The van der Waals surface area contributed by atoms with Gasteiger partial charge in [0.25, 0.3) is 0 Å². The summed E-state index contributed by atoms with van der Waals surface area (Å²) < 4.78 is 0. The zero-order valence-electron chi connectivity index (χ0n) is 12.1. The second kappa shape index (κ2) is 3.43. The van der Waals surface area contributed by atoms with E-state index in [1.54, 1.807) is 6.92 Å². The van der Waals surface area contributed by atoms with Crippen LogP contribution in [0.1, 0.15) is 59.3 Å². The summed E-state index contributed by atoms with van der Waals surface area (Å²) in [4.78, 5) is 11.1. The zero-order valence-corrected chi connectivity index (χ0v) is 12.1. The molecule has 0 radical (unpaired) electrons. The van der Waals surface area contributed by atoms with Crippen LogP contribution in [0, 0.1) is 16.2 Å². The van der Waals surface area contributed by atoms with Crippen LogP contribution in [-0.4, -0.2) is 21.8 Å². The van der Waals surface area contributed by atoms with Crippen LogP contribution in [0.15, 0.2) is 11.6 Å². The highest BCUT2D eigenvalue weighted by molar-refractivity contribution is 5.85. The van der Waals surface area contributed by atoms with Gasteiger partial charge >= 0.3 is 5.97 Å². The number of carbonyl (C=O) groups is 1. The first kappa shape index (κ1) is 13.2. The summed E-state index contributed by atoms with van der Waals surface area (Å²) in [5, 5.41) is 20.0. The Morgan fingerprint density at radius 2 is 1.53 bits per heavy atom. The van der Waals surface area contributed by atoms with Gasteiger partial charge in [-0.05, 0) is 61.7 Å². The topological polar surface area (TPSA) is 57.5 Å². The average Bonchev–Trinajstić information content (AvgIpc) is 2.07. The molecule has 106 valence electrons. The second-order valence-electron chi connectivity index (χ2n) is 8.40. The lowest BCUT2D eigenvalue weighted by Crippen LogP contribution is -2.62. The Morgan fingerprint density at radius 3 is 1.95 bits per heavy atom. The third-order valence-corrected chi connectivity index (χ3v) is 5.46. The summed E-state index contributed by atoms with van der Waals surface area (Å²) in [6.07, 6.45) is 7.70. The van der Waals surface area contributed by atoms with E-state index in [0.717, 1.165) is 32.1 Å². The van der Waals surface area contributed by atoms with E-state index in [4.69, 9.17) is 5.11 Å². The Hall–Kier alpha value is -0.830. The minimum atomic E-state index is -0.835. The van der Waals surface area contributed by atoms with Crippen LogP contribution in [0.4, 0.5) is 0 Å². The number of carboxylic acid groups (broad SMARTS) is 1. The summed E-state index contributed by atoms with van der Waals surface area (Å²) in [5.41, 5.74) is 0.0992. The monoisotopic (exact) mass is 264 g/mol. The molecule has 4 fully saturated rings. The van der Waals surface area contributed by atoms with Gasteiger partial charge in [0.1, 0.15) is 0 Å². The van der Waals surface area contributed by atoms with Gasteiger partial charge in [-0.3, -0.25) is 0 Å². The molecule has 4 rings (SSSR count). The first-order valence-corrected chi connectivity index (χ1v) is 7.22. The standard InChI is InChI=1S/C16H24O3/c1-11(12(17)18)4-15-6-13(2)5-14(3,7-15)9-16(19,8-13)10-15/h4,19H,5-10H2,1-3H3,(H,17,18). The normalized spacial score (nSPS) is 52.5. The SMILES string of the molecule is CC(=CC12CC3(C)CC(C)(CC(O)(C3)C1)C2)C(=O)O. The molecule has 0 aliphatic heterocycles. The fraction of sp³-hybridized carbons (Fsp3) is 0.812. The van der Waals surface area contributed by atoms with Crippen molar-refractivity contribution >= 4 is 5.97 Å². The maximum Gasteiger partial charge on any atom is 0.330 e. The van der Waals surface area contributed by atoms with Crippen molar-refractivity contribution in [3.05, 3.63) is 11.6 Å². The molecule has 3 heteroatoms. The number of carboxylic acids is 1. The number of allylic oxidation sites excluding steroid dienone is 1. The third-order valence-electron chi connectivity index (χ3n) is 5.46. The van der Waals surface area contributed by atoms with Crippen LogP contribution in [0.2, 0.25) is 0 Å². The molecule has 4 bridgehead atoms. The Kier molecular flexibility index (Phi) is 2.38. The lowest BCUT2D eigenvalue weighted by Gasteiger charge is -2.67. The maximum atomic E-state index is 11.1. The van der Waals surface area contributed by atoms with Gasteiger partial charge in [-0.1, -0.05) is 19.9 Å². The number of aliphatic carboxylic acids is 1. The van der Waals surface area contributed by atoms with Crippen molar-refractivity contribution in [3.63, 3.8) is 0 Å². The summed E-state index contributed by atoms with van der Waals surface area (Å²) in [7, 11) is 0. The molecule has 0 aromatic carbocycles. The predicted octanol–water partition coefficient (Wildman–Crippen LogP) is 3.13. The highest BCUT2D eigenvalue weighted by atomic mass is 16.4. The fourth-order valence-corrected chi connectivity index (χ4v) is 6.40. The molecular formula is C16H24O3. The molecule has 0 heterocycles. The zero-order chi connectivity index (χ0) is 14.1. The summed E-state index contributed by atoms with van der Waals surface area (Å²) >= 11 is 0. The van der Waals surface area contributed by atoms with Crippen LogP contribution in [0.5, 0.6) is 0 Å². The first-order chi connectivity index (χ1) is 8.57. The van der Waals surface area contributed by atoms with Gasteiger partial charge in [-0.15, -0.1) is 0 Å². The molecule has 0 aromatic rings. The summed E-state index contributed by atoms with van der Waals surface area (Å²) in [6.45, 7) is 6.22. The number of hydrogen-bond donors (Lipinski definition) is 2. The first-order valence-electron chi connectivity index (χ1n) is 7.22. The van der Waals surface area contributed by atoms with Crippen molar-refractivity contribution in [3.8, 4) is 0 Å². The Balaban J connectivity index is 2.04. The molecule has 2 unspecified atom stereocenters. The minimum absolute atomic E-state index is 0.102. The van der Waals surface area contributed by atoms with Gasteiger partial charge in [-0.2, -0.15) is 0 Å². The van der Waals surface area contributed by atoms with Crippen LogP contribution in [-0.2, 0) is 4.79 Å². The molecular weight excluding hydrogens is 240 g/mol. The lowest BCUT2D eigenvalue weighted by molar-refractivity contribution is -0.211. The second-order valence-corrected chi connectivity index (χ2v) is 8.40. The average molecular weight is 264 g/mol. The molecule has 0 aromatic heterocycles. The molecule has 4 aliphatic carbocycles. The highest BCUT2D eigenvalue weighted by Crippen LogP contribution is 2.71. The molecule has 0 amide bonds. The number of aliphatic hydroxyl groups is 1. The summed E-state index contributed by atoms with van der Waals surface area (Å²) in [5.74, 6) is -0.835. The number of hydrogen-bond acceptors (Lipinski definition) is 2. The van der Waals surface area contributed by atoms with Gasteiger partial charge in [0.05, 0.1) is 5.60 Å². The smallest absolute Gasteiger partial charge is 0.330 e. The third kappa shape index (κ3) is 2.03. The Morgan fingerprint density at radius 1 is 1.00 bits per heavy atom. The molecule has 0 spiro atoms. The van der Waals surface area contributed by atoms with E-state index in [-0.39, 0.29) is 16.2 Å². The quantitative estimate of drug-likeness (QED) is 0.753. The van der Waals surface area contributed by atoms with Crippen molar-refractivity contribution in [2.45, 2.75) is 64.9 Å². The van der Waals surface area contributed by atoms with Crippen molar-refractivity contribution in [2.24, 2.45) is 16.2 Å². The van der Waals surface area contributed by atoms with E-state index in [1.807, 2.05) is 6.08 Å². The molecule has 4 aliphatic rings. The molecule has 19 heavy (non-hydrogen) atoms. The fourth-order valence-electron chi connectivity index (χ4n) is 6.40. The van der Waals surface area contributed by atoms with Gasteiger partial charge < -0.3 is 10.2 Å². The van der Waals surface area contributed by atoms with Crippen molar-refractivity contribution in [2.75, 3.05) is 0 Å². The van der Waals surface area contributed by atoms with Gasteiger partial charge in [0, 0.05) is 5.57 Å². The Bertz CT molecular complexity index is 423. The predicted molar refractivity (Wildman–Crippen MR) is 72.7 cm³/mol. The van der Waals surface area contributed by atoms with Crippen LogP contribution in [0.3, 0.4) is 0 Å². The van der Waals surface area contributed by atoms with Crippen LogP contribution < -0.4 is 0 Å². The van der Waals surface area contributed by atoms with Crippen molar-refractivity contribution < 1.29 is 15.0 Å². The van der Waals surface area contributed by atoms with Crippen LogP contribution >= 0.6 is 0 Å². The Labute approximate surface area is 114 Å². The van der Waals surface area contributed by atoms with E-state index in [1.165, 1.54) is 6.42 Å². The van der Waals surface area contributed by atoms with E-state index in [0.29, 0.717) is 5.57 Å². The maximum absolute atomic E-state index is 11.1. The van der Waals surface area contributed by atoms with Crippen LogP contribution in [0.25, 0.3) is 0 Å². The number of rotatable bonds is 2. The van der Waals surface area contributed by atoms with E-state index in [2.05, 4.69) is 13.8 Å². The molecule has 3 nitrogen and oxygen atoms in total. The van der Waals surface area contributed by atoms with Crippen molar-refractivity contribution in [1.29, 1.82) is 0 Å². The van der Waals surface area contributed by atoms with E-state index >= 15 is 0 Å². The molecule has 2 N–H and O–H groups in total. The molecule has 0 saturated heterocycles. The van der Waals surface area contributed by atoms with Gasteiger partial charge in [0.15, 0.2) is 0 Å². The minimum Gasteiger partial charge on any atom is -0.478 e. The van der Waals surface area contributed by atoms with Gasteiger partial charge in [0.2, 0.25) is 0 Å². The van der Waals surface area contributed by atoms with E-state index in [9.17, 15) is 9.90 Å².